The van der Waals surface area contributed by atoms with Crippen LogP contribution >= 0.6 is 0 Å². The third-order valence-corrected chi connectivity index (χ3v) is 9.70. The summed E-state index contributed by atoms with van der Waals surface area (Å²) in [5.74, 6) is 1.71. The van der Waals surface area contributed by atoms with Crippen LogP contribution in [0.1, 0.15) is 56.2 Å². The van der Waals surface area contributed by atoms with Crippen molar-refractivity contribution in [3.63, 3.8) is 0 Å². The lowest BCUT2D eigenvalue weighted by Gasteiger charge is -2.21. The molecule has 0 amide bonds. The van der Waals surface area contributed by atoms with E-state index in [4.69, 9.17) is 4.42 Å². The number of furan rings is 1. The molecular formula is C43H39N4O+. The quantitative estimate of drug-likeness (QED) is 0.172. The molecule has 0 saturated carbocycles. The third-order valence-electron chi connectivity index (χ3n) is 9.70. The number of nitrogens with zero attached hydrogens (tertiary/aromatic N) is 4. The first-order valence-corrected chi connectivity index (χ1v) is 16.8. The molecule has 48 heavy (non-hydrogen) atoms. The van der Waals surface area contributed by atoms with Gasteiger partial charge in [-0.05, 0) is 71.8 Å². The van der Waals surface area contributed by atoms with Crippen molar-refractivity contribution in [3.8, 4) is 39.5 Å². The van der Waals surface area contributed by atoms with E-state index in [1.807, 2.05) is 12.3 Å². The zero-order valence-corrected chi connectivity index (χ0v) is 28.3. The van der Waals surface area contributed by atoms with Gasteiger partial charge in [-0.15, -0.1) is 0 Å². The molecule has 5 aromatic carbocycles. The average molecular weight is 628 g/mol. The minimum absolute atomic E-state index is 0.280. The van der Waals surface area contributed by atoms with Gasteiger partial charge in [-0.3, -0.25) is 9.97 Å². The maximum atomic E-state index is 6.43. The van der Waals surface area contributed by atoms with Crippen molar-refractivity contribution in [1.82, 2.24) is 14.5 Å². The van der Waals surface area contributed by atoms with Crippen molar-refractivity contribution in [2.75, 3.05) is 0 Å². The predicted molar refractivity (Wildman–Crippen MR) is 197 cm³/mol. The van der Waals surface area contributed by atoms with Gasteiger partial charge in [0.1, 0.15) is 16.9 Å². The topological polar surface area (TPSA) is 47.7 Å². The van der Waals surface area contributed by atoms with Gasteiger partial charge in [0.2, 0.25) is 0 Å². The highest BCUT2D eigenvalue weighted by Crippen LogP contribution is 2.43. The Hall–Kier alpha value is -5.55. The Balaban J connectivity index is 1.43. The summed E-state index contributed by atoms with van der Waals surface area (Å²) in [4.78, 5) is 8.75. The lowest BCUT2D eigenvalue weighted by Crippen LogP contribution is -2.30. The Bertz CT molecular complexity index is 2440. The zero-order valence-electron chi connectivity index (χ0n) is 28.3. The van der Waals surface area contributed by atoms with E-state index in [2.05, 4.69) is 152 Å². The molecule has 236 valence electrons. The van der Waals surface area contributed by atoms with Crippen LogP contribution in [0.2, 0.25) is 0 Å². The van der Waals surface area contributed by atoms with Crippen LogP contribution in [0.15, 0.2) is 120 Å². The highest BCUT2D eigenvalue weighted by atomic mass is 16.3. The fourth-order valence-electron chi connectivity index (χ4n) is 7.30. The van der Waals surface area contributed by atoms with Crippen LogP contribution in [0, 0.1) is 6.92 Å². The number of aryl methyl sites for hydroxylation is 2. The Morgan fingerprint density at radius 2 is 1.40 bits per heavy atom. The maximum absolute atomic E-state index is 6.43. The van der Waals surface area contributed by atoms with Gasteiger partial charge in [0.05, 0.1) is 24.5 Å². The van der Waals surface area contributed by atoms with Gasteiger partial charge in [0.25, 0.3) is 5.82 Å². The van der Waals surface area contributed by atoms with Gasteiger partial charge < -0.3 is 4.42 Å². The smallest absolute Gasteiger partial charge is 0.295 e. The first-order chi connectivity index (χ1) is 23.3. The minimum Gasteiger partial charge on any atom is -0.456 e. The van der Waals surface area contributed by atoms with Gasteiger partial charge >= 0.3 is 0 Å². The van der Waals surface area contributed by atoms with Crippen molar-refractivity contribution in [1.29, 1.82) is 0 Å². The molecule has 0 unspecified atom stereocenters. The van der Waals surface area contributed by atoms with Crippen molar-refractivity contribution >= 4 is 33.0 Å². The number of benzene rings is 5. The van der Waals surface area contributed by atoms with E-state index in [1.165, 1.54) is 50.1 Å². The molecule has 0 aliphatic heterocycles. The van der Waals surface area contributed by atoms with Crippen LogP contribution in [-0.2, 0) is 7.05 Å². The molecule has 8 rings (SSSR count). The van der Waals surface area contributed by atoms with E-state index in [0.29, 0.717) is 0 Å². The molecule has 0 bridgehead atoms. The molecule has 0 aliphatic carbocycles. The number of aromatic nitrogens is 4. The molecule has 0 radical (unpaired) electrons. The summed E-state index contributed by atoms with van der Waals surface area (Å²) in [7, 11) is 2.20. The average Bonchev–Trinajstić information content (AvgIpc) is 3.63. The molecule has 0 spiro atoms. The van der Waals surface area contributed by atoms with Gasteiger partial charge in [0.15, 0.2) is 11.0 Å². The molecule has 0 atom stereocenters. The summed E-state index contributed by atoms with van der Waals surface area (Å²) in [6.45, 7) is 11.5. The van der Waals surface area contributed by atoms with Gasteiger partial charge in [-0.1, -0.05) is 88.4 Å². The Morgan fingerprint density at radius 3 is 2.10 bits per heavy atom. The molecular weight excluding hydrogens is 589 g/mol. The second kappa shape index (κ2) is 11.6. The summed E-state index contributed by atoms with van der Waals surface area (Å²) in [6, 6.07) is 35.0. The number of imidazole rings is 1. The fourth-order valence-corrected chi connectivity index (χ4v) is 7.30. The van der Waals surface area contributed by atoms with Crippen LogP contribution < -0.4 is 4.57 Å². The summed E-state index contributed by atoms with van der Waals surface area (Å²) in [5, 5.41) is 2.29. The van der Waals surface area contributed by atoms with Crippen molar-refractivity contribution in [3.05, 3.63) is 132 Å². The second-order valence-corrected chi connectivity index (χ2v) is 13.4. The lowest BCUT2D eigenvalue weighted by molar-refractivity contribution is -0.633. The SMILES string of the molecule is Cc1ccc2oc3ccccc3c2c1-c1n(-c2c(C(C)C)cc(-c3ccc(-c4cnccn4)cc3)cc2C(C)C)c2ccccc2[n+]1C. The highest BCUT2D eigenvalue weighted by molar-refractivity contribution is 6.12. The minimum atomic E-state index is 0.280. The van der Waals surface area contributed by atoms with E-state index in [-0.39, 0.29) is 11.8 Å². The monoisotopic (exact) mass is 627 g/mol. The van der Waals surface area contributed by atoms with Crippen LogP contribution in [0.25, 0.3) is 72.4 Å². The van der Waals surface area contributed by atoms with Crippen molar-refractivity contribution in [2.24, 2.45) is 7.05 Å². The number of hydrogen-bond donors (Lipinski definition) is 0. The summed E-state index contributed by atoms with van der Waals surface area (Å²) in [5.41, 5.74) is 14.8. The Morgan fingerprint density at radius 1 is 0.708 bits per heavy atom. The zero-order chi connectivity index (χ0) is 33.1. The molecule has 3 heterocycles. The Kier molecular flexibility index (Phi) is 7.21. The summed E-state index contributed by atoms with van der Waals surface area (Å²) >= 11 is 0. The molecule has 5 heteroatoms. The van der Waals surface area contributed by atoms with Gasteiger partial charge in [0, 0.05) is 39.9 Å². The largest absolute Gasteiger partial charge is 0.456 e. The summed E-state index contributed by atoms with van der Waals surface area (Å²) in [6.07, 6.45) is 5.26. The highest BCUT2D eigenvalue weighted by Gasteiger charge is 2.33. The third kappa shape index (κ3) is 4.72. The number of rotatable bonds is 6. The number of fused-ring (bicyclic) bond motifs is 4. The molecule has 0 saturated heterocycles. The maximum Gasteiger partial charge on any atom is 0.295 e. The predicted octanol–water partition coefficient (Wildman–Crippen LogP) is 10.7. The van der Waals surface area contributed by atoms with Crippen molar-refractivity contribution in [2.45, 2.75) is 46.5 Å². The van der Waals surface area contributed by atoms with Crippen LogP contribution in [0.5, 0.6) is 0 Å². The molecule has 0 fully saturated rings. The molecule has 3 aromatic heterocycles. The summed E-state index contributed by atoms with van der Waals surface area (Å²) < 4.78 is 11.3. The molecule has 0 N–H and O–H groups in total. The van der Waals surface area contributed by atoms with Crippen molar-refractivity contribution < 1.29 is 8.98 Å². The first-order valence-electron chi connectivity index (χ1n) is 16.8. The number of para-hydroxylation sites is 3. The molecule has 5 nitrogen and oxygen atoms in total. The number of hydrogen-bond acceptors (Lipinski definition) is 3. The van der Waals surface area contributed by atoms with E-state index in [1.54, 1.807) is 12.4 Å². The normalized spacial score (nSPS) is 11.9. The van der Waals surface area contributed by atoms with Gasteiger partial charge in [-0.25, -0.2) is 4.57 Å². The molecule has 0 aliphatic rings. The van der Waals surface area contributed by atoms with Crippen LogP contribution in [0.3, 0.4) is 0 Å². The molecule has 8 aromatic rings. The first kappa shape index (κ1) is 29.8. The lowest BCUT2D eigenvalue weighted by atomic mass is 9.87. The Labute approximate surface area is 281 Å². The van der Waals surface area contributed by atoms with Crippen LogP contribution in [0.4, 0.5) is 0 Å². The van der Waals surface area contributed by atoms with E-state index in [0.717, 1.165) is 39.0 Å². The van der Waals surface area contributed by atoms with Gasteiger partial charge in [-0.2, -0.15) is 4.57 Å². The standard InChI is InChI=1S/C43H39N4O/c1-26(2)33-23-31(29-16-18-30(19-17-29)35-25-44-21-22-45-35)24-34(27(3)4)42(33)47-37-13-9-8-12-36(37)46(6)43(47)40-28(5)15-20-39-41(40)32-11-7-10-14-38(32)48-39/h7-27H,1-6H3/q+1. The van der Waals surface area contributed by atoms with E-state index in [9.17, 15) is 0 Å². The second-order valence-electron chi connectivity index (χ2n) is 13.4. The fraction of sp³-hybridized carbons (Fsp3) is 0.186. The van der Waals surface area contributed by atoms with Crippen LogP contribution in [-0.4, -0.2) is 14.5 Å². The van der Waals surface area contributed by atoms with E-state index >= 15 is 0 Å². The van der Waals surface area contributed by atoms with E-state index < -0.39 is 0 Å².